The first-order valence-corrected chi connectivity index (χ1v) is 11.3. The number of halogens is 4. The zero-order valence-electron chi connectivity index (χ0n) is 18.5. The Morgan fingerprint density at radius 2 is 2.00 bits per heavy atom. The van der Waals surface area contributed by atoms with Gasteiger partial charge in [-0.05, 0) is 36.2 Å². The summed E-state index contributed by atoms with van der Waals surface area (Å²) in [5.41, 5.74) is 0.0689. The Morgan fingerprint density at radius 1 is 1.20 bits per heavy atom. The van der Waals surface area contributed by atoms with Crippen molar-refractivity contribution < 1.29 is 27.5 Å². The molecule has 0 bridgehead atoms. The van der Waals surface area contributed by atoms with E-state index in [-0.39, 0.29) is 41.9 Å². The number of ether oxygens (including phenoxy) is 1. The van der Waals surface area contributed by atoms with Crippen molar-refractivity contribution in [2.75, 3.05) is 26.2 Å². The van der Waals surface area contributed by atoms with Crippen LogP contribution in [-0.2, 0) is 30.6 Å². The number of carbonyl (C=O) groups excluding carboxylic acids is 2. The van der Waals surface area contributed by atoms with Crippen molar-refractivity contribution in [3.8, 4) is 6.07 Å². The van der Waals surface area contributed by atoms with E-state index in [0.29, 0.717) is 38.3 Å². The average Bonchev–Trinajstić information content (AvgIpc) is 3.12. The molecule has 2 aliphatic rings. The predicted molar refractivity (Wildman–Crippen MR) is 117 cm³/mol. The molecule has 2 aromatic rings. The number of aromatic nitrogens is 2. The molecule has 2 amide bonds. The minimum Gasteiger partial charge on any atom is -0.445 e. The molecule has 1 unspecified atom stereocenters. The second-order valence-corrected chi connectivity index (χ2v) is 8.74. The summed E-state index contributed by atoms with van der Waals surface area (Å²) in [6, 6.07) is 6.29. The molecule has 1 fully saturated rings. The number of piperazine rings is 1. The van der Waals surface area contributed by atoms with Crippen LogP contribution in [-0.4, -0.2) is 63.8 Å². The molecule has 0 aliphatic carbocycles. The maximum absolute atomic E-state index is 13.0. The average molecular weight is 511 g/mol. The van der Waals surface area contributed by atoms with E-state index in [4.69, 9.17) is 21.6 Å². The standard InChI is InChI=1S/C22H22ClF3N6O3/c23-16-7-14(6-15(8-16)22(24,25)26)13-35-21(34)31-3-1-4-32-18(12-31)9-19(29-32)20(33)30-5-2-28-17(10-27)11-30/h6-9,17,28H,1-5,11-13H2. The fraction of sp³-hybridized carbons (Fsp3) is 0.455. The van der Waals surface area contributed by atoms with E-state index in [2.05, 4.69) is 16.5 Å². The van der Waals surface area contributed by atoms with Crippen molar-refractivity contribution in [1.29, 1.82) is 5.26 Å². The molecule has 1 aromatic heterocycles. The second-order valence-electron chi connectivity index (χ2n) is 8.31. The smallest absolute Gasteiger partial charge is 0.416 e. The molecule has 0 saturated carbocycles. The van der Waals surface area contributed by atoms with Crippen LogP contribution in [0.2, 0.25) is 5.02 Å². The third-order valence-corrected chi connectivity index (χ3v) is 5.98. The molecule has 35 heavy (non-hydrogen) atoms. The van der Waals surface area contributed by atoms with Gasteiger partial charge in [0.25, 0.3) is 5.91 Å². The van der Waals surface area contributed by atoms with E-state index >= 15 is 0 Å². The highest BCUT2D eigenvalue weighted by Crippen LogP contribution is 2.32. The van der Waals surface area contributed by atoms with Crippen molar-refractivity contribution >= 4 is 23.6 Å². The Balaban J connectivity index is 1.41. The van der Waals surface area contributed by atoms with Crippen LogP contribution in [0.1, 0.15) is 33.7 Å². The van der Waals surface area contributed by atoms with Crippen molar-refractivity contribution in [3.63, 3.8) is 0 Å². The summed E-state index contributed by atoms with van der Waals surface area (Å²) in [5.74, 6) is -0.289. The van der Waals surface area contributed by atoms with Gasteiger partial charge in [0.1, 0.15) is 12.6 Å². The normalized spacial score (nSPS) is 18.4. The van der Waals surface area contributed by atoms with Crippen LogP contribution < -0.4 is 5.32 Å². The Kier molecular flexibility index (Phi) is 7.18. The molecule has 4 rings (SSSR count). The number of amides is 2. The molecule has 0 spiro atoms. The Labute approximate surface area is 204 Å². The first-order chi connectivity index (χ1) is 16.6. The van der Waals surface area contributed by atoms with Crippen LogP contribution in [0.25, 0.3) is 0 Å². The number of nitrogens with zero attached hydrogens (tertiary/aromatic N) is 5. The van der Waals surface area contributed by atoms with E-state index in [9.17, 15) is 22.8 Å². The third-order valence-electron chi connectivity index (χ3n) is 5.76. The summed E-state index contributed by atoms with van der Waals surface area (Å²) in [6.45, 7) is 1.82. The lowest BCUT2D eigenvalue weighted by Gasteiger charge is -2.29. The fourth-order valence-electron chi connectivity index (χ4n) is 4.04. The summed E-state index contributed by atoms with van der Waals surface area (Å²) in [7, 11) is 0. The van der Waals surface area contributed by atoms with Crippen LogP contribution in [0, 0.1) is 11.3 Å². The van der Waals surface area contributed by atoms with Crippen molar-refractivity contribution in [2.45, 2.75) is 38.3 Å². The van der Waals surface area contributed by atoms with Gasteiger partial charge >= 0.3 is 12.3 Å². The lowest BCUT2D eigenvalue weighted by molar-refractivity contribution is -0.137. The summed E-state index contributed by atoms with van der Waals surface area (Å²) >= 11 is 5.79. The number of alkyl halides is 3. The third kappa shape index (κ3) is 5.86. The van der Waals surface area contributed by atoms with Crippen LogP contribution >= 0.6 is 11.6 Å². The maximum atomic E-state index is 13.0. The zero-order chi connectivity index (χ0) is 25.2. The van der Waals surface area contributed by atoms with Crippen molar-refractivity contribution in [2.24, 2.45) is 0 Å². The fourth-order valence-corrected chi connectivity index (χ4v) is 4.30. The van der Waals surface area contributed by atoms with E-state index in [1.54, 1.807) is 15.6 Å². The van der Waals surface area contributed by atoms with Gasteiger partial charge in [-0.3, -0.25) is 14.8 Å². The van der Waals surface area contributed by atoms with Gasteiger partial charge in [0, 0.05) is 37.7 Å². The molecule has 13 heteroatoms. The van der Waals surface area contributed by atoms with Crippen LogP contribution in [0.5, 0.6) is 0 Å². The molecule has 9 nitrogen and oxygen atoms in total. The molecule has 1 aromatic carbocycles. The number of nitriles is 1. The molecule has 2 aliphatic heterocycles. The zero-order valence-corrected chi connectivity index (χ0v) is 19.3. The summed E-state index contributed by atoms with van der Waals surface area (Å²) in [4.78, 5) is 28.5. The Hall–Kier alpha value is -3.30. The quantitative estimate of drug-likeness (QED) is 0.681. The van der Waals surface area contributed by atoms with Gasteiger partial charge in [-0.2, -0.15) is 23.5 Å². The lowest BCUT2D eigenvalue weighted by atomic mass is 10.1. The molecule has 0 radical (unpaired) electrons. The number of hydrogen-bond acceptors (Lipinski definition) is 6. The van der Waals surface area contributed by atoms with E-state index in [1.807, 2.05) is 0 Å². The highest BCUT2D eigenvalue weighted by atomic mass is 35.5. The molecular formula is C22H22ClF3N6O3. The second kappa shape index (κ2) is 10.1. The van der Waals surface area contributed by atoms with E-state index in [0.717, 1.165) is 12.1 Å². The van der Waals surface area contributed by atoms with Gasteiger partial charge in [0.15, 0.2) is 5.69 Å². The number of rotatable bonds is 3. The Bertz CT molecular complexity index is 1160. The van der Waals surface area contributed by atoms with Gasteiger partial charge in [0.2, 0.25) is 0 Å². The van der Waals surface area contributed by atoms with Gasteiger partial charge in [-0.25, -0.2) is 4.79 Å². The Morgan fingerprint density at radius 3 is 2.74 bits per heavy atom. The number of benzene rings is 1. The van der Waals surface area contributed by atoms with E-state index < -0.39 is 23.9 Å². The SMILES string of the molecule is N#CC1CN(C(=O)c2cc3n(n2)CCCN(C(=O)OCc2cc(Cl)cc(C(F)(F)F)c2)C3)CCN1. The molecule has 186 valence electrons. The van der Waals surface area contributed by atoms with Crippen LogP contribution in [0.3, 0.4) is 0 Å². The minimum atomic E-state index is -4.57. The monoisotopic (exact) mass is 510 g/mol. The molecule has 1 N–H and O–H groups in total. The summed E-state index contributed by atoms with van der Waals surface area (Å²) in [6.07, 6.45) is -4.71. The topological polar surface area (TPSA) is 103 Å². The number of hydrogen-bond donors (Lipinski definition) is 1. The predicted octanol–water partition coefficient (Wildman–Crippen LogP) is 3.04. The summed E-state index contributed by atoms with van der Waals surface area (Å²) in [5, 5.41) is 16.4. The lowest BCUT2D eigenvalue weighted by Crippen LogP contribution is -2.52. The molecule has 1 atom stereocenters. The van der Waals surface area contributed by atoms with E-state index in [1.165, 1.54) is 11.0 Å². The highest BCUT2D eigenvalue weighted by molar-refractivity contribution is 6.30. The largest absolute Gasteiger partial charge is 0.445 e. The number of carbonyl (C=O) groups is 2. The molecule has 3 heterocycles. The van der Waals surface area contributed by atoms with Gasteiger partial charge in [0.05, 0.1) is 23.9 Å². The first kappa shape index (κ1) is 24.8. The van der Waals surface area contributed by atoms with Crippen LogP contribution in [0.4, 0.5) is 18.0 Å². The minimum absolute atomic E-state index is 0.104. The van der Waals surface area contributed by atoms with Crippen molar-refractivity contribution in [3.05, 3.63) is 51.8 Å². The van der Waals surface area contributed by atoms with Gasteiger partial charge in [-0.15, -0.1) is 0 Å². The molecule has 1 saturated heterocycles. The number of nitrogens with one attached hydrogen (secondary N) is 1. The first-order valence-electron chi connectivity index (χ1n) is 10.9. The van der Waals surface area contributed by atoms with Crippen molar-refractivity contribution in [1.82, 2.24) is 24.9 Å². The number of aryl methyl sites for hydroxylation is 1. The van der Waals surface area contributed by atoms with Gasteiger partial charge < -0.3 is 14.5 Å². The number of fused-ring (bicyclic) bond motifs is 1. The van der Waals surface area contributed by atoms with Crippen LogP contribution in [0.15, 0.2) is 24.3 Å². The maximum Gasteiger partial charge on any atom is 0.416 e. The summed E-state index contributed by atoms with van der Waals surface area (Å²) < 4.78 is 46.0. The highest BCUT2D eigenvalue weighted by Gasteiger charge is 2.31. The molecular weight excluding hydrogens is 489 g/mol. The van der Waals surface area contributed by atoms with Gasteiger partial charge in [-0.1, -0.05) is 11.6 Å².